The van der Waals surface area contributed by atoms with Gasteiger partial charge in [-0.15, -0.1) is 0 Å². The molecule has 0 spiro atoms. The van der Waals surface area contributed by atoms with Gasteiger partial charge in [0.1, 0.15) is 0 Å². The van der Waals surface area contributed by atoms with Gasteiger partial charge in [0, 0.05) is 25.6 Å². The molecule has 0 aromatic heterocycles. The standard InChI is InChI=1S/C13H21NO2/c1-4-12(15)14-8-10-5-6-16-11(10)7-13(2,3)9-14/h4,10-11H,1,5-9H2,2-3H3/t10-,11+/m1/s1. The topological polar surface area (TPSA) is 29.5 Å². The summed E-state index contributed by atoms with van der Waals surface area (Å²) in [6.45, 7) is 10.5. The monoisotopic (exact) mass is 223 g/mol. The fourth-order valence-corrected chi connectivity index (χ4v) is 2.90. The van der Waals surface area contributed by atoms with E-state index in [-0.39, 0.29) is 11.3 Å². The summed E-state index contributed by atoms with van der Waals surface area (Å²) in [5.74, 6) is 0.575. The fraction of sp³-hybridized carbons (Fsp3) is 0.769. The number of carbonyl (C=O) groups excluding carboxylic acids is 1. The summed E-state index contributed by atoms with van der Waals surface area (Å²) in [6, 6.07) is 0. The lowest BCUT2D eigenvalue weighted by Gasteiger charge is -2.29. The Balaban J connectivity index is 2.16. The summed E-state index contributed by atoms with van der Waals surface area (Å²) in [7, 11) is 0. The highest BCUT2D eigenvalue weighted by Crippen LogP contribution is 2.36. The van der Waals surface area contributed by atoms with Crippen LogP contribution in [0.5, 0.6) is 0 Å². The first-order chi connectivity index (χ1) is 7.52. The molecule has 3 nitrogen and oxygen atoms in total. The van der Waals surface area contributed by atoms with Crippen LogP contribution in [-0.4, -0.2) is 36.6 Å². The van der Waals surface area contributed by atoms with E-state index in [4.69, 9.17) is 4.74 Å². The van der Waals surface area contributed by atoms with Gasteiger partial charge in [-0.2, -0.15) is 0 Å². The molecule has 1 amide bonds. The third-order valence-electron chi connectivity index (χ3n) is 3.66. The zero-order valence-corrected chi connectivity index (χ0v) is 10.2. The summed E-state index contributed by atoms with van der Waals surface area (Å²) in [6.07, 6.45) is 3.91. The molecule has 0 N–H and O–H groups in total. The second kappa shape index (κ2) is 4.21. The minimum absolute atomic E-state index is 0.0561. The Labute approximate surface area is 97.5 Å². The number of nitrogens with zero attached hydrogens (tertiary/aromatic N) is 1. The molecule has 0 aromatic carbocycles. The van der Waals surface area contributed by atoms with E-state index in [2.05, 4.69) is 20.4 Å². The number of carbonyl (C=O) groups is 1. The van der Waals surface area contributed by atoms with E-state index in [9.17, 15) is 4.79 Å². The van der Waals surface area contributed by atoms with E-state index < -0.39 is 0 Å². The summed E-state index contributed by atoms with van der Waals surface area (Å²) in [5.41, 5.74) is 0.141. The second-order valence-electron chi connectivity index (χ2n) is 5.75. The molecule has 2 fully saturated rings. The number of fused-ring (bicyclic) bond motifs is 1. The molecule has 90 valence electrons. The minimum Gasteiger partial charge on any atom is -0.378 e. The molecule has 2 aliphatic heterocycles. The molecule has 2 saturated heterocycles. The Morgan fingerprint density at radius 3 is 3.00 bits per heavy atom. The quantitative estimate of drug-likeness (QED) is 0.635. The van der Waals surface area contributed by atoms with Crippen molar-refractivity contribution >= 4 is 5.91 Å². The van der Waals surface area contributed by atoms with Crippen LogP contribution in [0, 0.1) is 11.3 Å². The predicted molar refractivity (Wildman–Crippen MR) is 63.0 cm³/mol. The summed E-state index contributed by atoms with van der Waals surface area (Å²) in [5, 5.41) is 0. The number of likely N-dealkylation sites (tertiary alicyclic amines) is 1. The highest BCUT2D eigenvalue weighted by Gasteiger charge is 2.39. The molecule has 0 bridgehead atoms. The van der Waals surface area contributed by atoms with Gasteiger partial charge in [-0.3, -0.25) is 4.79 Å². The Hall–Kier alpha value is -0.830. The molecule has 2 rings (SSSR count). The van der Waals surface area contributed by atoms with E-state index in [0.29, 0.717) is 12.0 Å². The van der Waals surface area contributed by atoms with Crippen LogP contribution < -0.4 is 0 Å². The summed E-state index contributed by atoms with van der Waals surface area (Å²) < 4.78 is 5.77. The number of hydrogen-bond donors (Lipinski definition) is 0. The number of amides is 1. The summed E-state index contributed by atoms with van der Waals surface area (Å²) >= 11 is 0. The summed E-state index contributed by atoms with van der Waals surface area (Å²) in [4.78, 5) is 13.7. The number of rotatable bonds is 1. The van der Waals surface area contributed by atoms with E-state index in [0.717, 1.165) is 32.5 Å². The first-order valence-electron chi connectivity index (χ1n) is 6.05. The van der Waals surface area contributed by atoms with Gasteiger partial charge in [-0.05, 0) is 24.3 Å². The van der Waals surface area contributed by atoms with Gasteiger partial charge in [-0.1, -0.05) is 20.4 Å². The maximum Gasteiger partial charge on any atom is 0.245 e. The van der Waals surface area contributed by atoms with Crippen LogP contribution in [0.15, 0.2) is 12.7 Å². The lowest BCUT2D eigenvalue weighted by Crippen LogP contribution is -2.38. The van der Waals surface area contributed by atoms with Crippen molar-refractivity contribution in [2.75, 3.05) is 19.7 Å². The Morgan fingerprint density at radius 2 is 2.31 bits per heavy atom. The van der Waals surface area contributed by atoms with Gasteiger partial charge in [0.2, 0.25) is 5.91 Å². The van der Waals surface area contributed by atoms with Gasteiger partial charge >= 0.3 is 0 Å². The molecule has 0 radical (unpaired) electrons. The van der Waals surface area contributed by atoms with Crippen LogP contribution in [0.1, 0.15) is 26.7 Å². The first-order valence-corrected chi connectivity index (χ1v) is 6.05. The fourth-order valence-electron chi connectivity index (χ4n) is 2.90. The van der Waals surface area contributed by atoms with E-state index in [1.54, 1.807) is 0 Å². The van der Waals surface area contributed by atoms with Crippen molar-refractivity contribution in [2.24, 2.45) is 11.3 Å². The average molecular weight is 223 g/mol. The van der Waals surface area contributed by atoms with Crippen LogP contribution >= 0.6 is 0 Å². The van der Waals surface area contributed by atoms with Crippen LogP contribution in [0.3, 0.4) is 0 Å². The molecule has 16 heavy (non-hydrogen) atoms. The van der Waals surface area contributed by atoms with E-state index in [1.165, 1.54) is 6.08 Å². The van der Waals surface area contributed by atoms with Gasteiger partial charge in [0.25, 0.3) is 0 Å². The van der Waals surface area contributed by atoms with Gasteiger partial charge < -0.3 is 9.64 Å². The Bertz CT molecular complexity index is 298. The molecule has 2 heterocycles. The zero-order chi connectivity index (χ0) is 11.8. The van der Waals surface area contributed by atoms with E-state index in [1.807, 2.05) is 4.90 Å². The molecule has 3 heteroatoms. The van der Waals surface area contributed by atoms with Crippen molar-refractivity contribution in [3.63, 3.8) is 0 Å². The van der Waals surface area contributed by atoms with Crippen molar-refractivity contribution in [1.29, 1.82) is 0 Å². The van der Waals surface area contributed by atoms with E-state index >= 15 is 0 Å². The van der Waals surface area contributed by atoms with Crippen molar-refractivity contribution < 1.29 is 9.53 Å². The van der Waals surface area contributed by atoms with Gasteiger partial charge in [0.05, 0.1) is 6.10 Å². The molecular weight excluding hydrogens is 202 g/mol. The highest BCUT2D eigenvalue weighted by atomic mass is 16.5. The lowest BCUT2D eigenvalue weighted by molar-refractivity contribution is -0.127. The molecule has 0 aliphatic carbocycles. The van der Waals surface area contributed by atoms with Crippen molar-refractivity contribution in [3.8, 4) is 0 Å². The zero-order valence-electron chi connectivity index (χ0n) is 10.2. The predicted octanol–water partition coefficient (Wildman–Crippen LogP) is 1.84. The largest absolute Gasteiger partial charge is 0.378 e. The van der Waals surface area contributed by atoms with Gasteiger partial charge in [0.15, 0.2) is 0 Å². The van der Waals surface area contributed by atoms with Crippen molar-refractivity contribution in [3.05, 3.63) is 12.7 Å². The van der Waals surface area contributed by atoms with Crippen molar-refractivity contribution in [2.45, 2.75) is 32.8 Å². The maximum absolute atomic E-state index is 11.8. The third kappa shape index (κ3) is 2.29. The van der Waals surface area contributed by atoms with Crippen LogP contribution in [0.2, 0.25) is 0 Å². The molecular formula is C13H21NO2. The third-order valence-corrected chi connectivity index (χ3v) is 3.66. The molecule has 0 aromatic rings. The average Bonchev–Trinajstić information content (AvgIpc) is 2.57. The molecule has 0 unspecified atom stereocenters. The minimum atomic E-state index is 0.0561. The highest BCUT2D eigenvalue weighted by molar-refractivity contribution is 5.87. The number of ether oxygens (including phenoxy) is 1. The SMILES string of the molecule is C=CC(=O)N1C[C@H]2CCO[C@H]2CC(C)(C)C1. The van der Waals surface area contributed by atoms with Gasteiger partial charge in [-0.25, -0.2) is 0 Å². The Kier molecular flexibility index (Phi) is 3.06. The normalized spacial score (nSPS) is 33.0. The van der Waals surface area contributed by atoms with Crippen LogP contribution in [0.25, 0.3) is 0 Å². The smallest absolute Gasteiger partial charge is 0.245 e. The lowest BCUT2D eigenvalue weighted by atomic mass is 9.85. The van der Waals surface area contributed by atoms with Crippen LogP contribution in [-0.2, 0) is 9.53 Å². The molecule has 2 atom stereocenters. The number of hydrogen-bond acceptors (Lipinski definition) is 2. The van der Waals surface area contributed by atoms with Crippen molar-refractivity contribution in [1.82, 2.24) is 4.90 Å². The second-order valence-corrected chi connectivity index (χ2v) is 5.75. The molecule has 0 saturated carbocycles. The first kappa shape index (κ1) is 11.6. The van der Waals surface area contributed by atoms with Crippen LogP contribution in [0.4, 0.5) is 0 Å². The Morgan fingerprint density at radius 1 is 1.56 bits per heavy atom. The maximum atomic E-state index is 11.8. The molecule has 2 aliphatic rings.